The maximum absolute atomic E-state index is 2.84. The van der Waals surface area contributed by atoms with Crippen molar-refractivity contribution in [2.45, 2.75) is 145 Å². The summed E-state index contributed by atoms with van der Waals surface area (Å²) in [6.07, 6.45) is 18.4. The third kappa shape index (κ3) is 6.05. The van der Waals surface area contributed by atoms with Crippen molar-refractivity contribution in [3.63, 3.8) is 0 Å². The van der Waals surface area contributed by atoms with Crippen LogP contribution < -0.4 is 0 Å². The van der Waals surface area contributed by atoms with Gasteiger partial charge in [-0.25, -0.2) is 0 Å². The Morgan fingerprint density at radius 1 is 0.944 bits per heavy atom. The molecule has 0 spiro atoms. The second-order valence-electron chi connectivity index (χ2n) is 14.6. The normalized spacial score (nSPS) is 32.1. The van der Waals surface area contributed by atoms with Crippen LogP contribution in [0.15, 0.2) is 11.8 Å². The fraction of sp³-hybridized carbons (Fsp3) is 0.941. The van der Waals surface area contributed by atoms with Crippen LogP contribution in [-0.4, -0.2) is 36.1 Å². The van der Waals surface area contributed by atoms with Crippen molar-refractivity contribution in [2.75, 3.05) is 14.1 Å². The van der Waals surface area contributed by atoms with Crippen molar-refractivity contribution in [3.8, 4) is 0 Å². The lowest BCUT2D eigenvalue weighted by atomic mass is 9.51. The molecule has 0 saturated heterocycles. The first-order valence-corrected chi connectivity index (χ1v) is 16.1. The Morgan fingerprint density at radius 2 is 1.56 bits per heavy atom. The van der Waals surface area contributed by atoms with Gasteiger partial charge in [-0.2, -0.15) is 0 Å². The van der Waals surface area contributed by atoms with Crippen LogP contribution in [-0.2, 0) is 0 Å². The van der Waals surface area contributed by atoms with Crippen molar-refractivity contribution < 1.29 is 0 Å². The highest BCUT2D eigenvalue weighted by Crippen LogP contribution is 2.68. The first-order valence-electron chi connectivity index (χ1n) is 16.1. The molecular formula is C34H64N2. The van der Waals surface area contributed by atoms with E-state index in [1.807, 2.05) is 0 Å². The zero-order valence-corrected chi connectivity index (χ0v) is 26.4. The van der Waals surface area contributed by atoms with E-state index in [9.17, 15) is 0 Å². The summed E-state index contributed by atoms with van der Waals surface area (Å²) in [7, 11) is 4.91. The van der Waals surface area contributed by atoms with E-state index in [0.717, 1.165) is 35.5 Å². The molecule has 3 aliphatic rings. The molecule has 0 aromatic carbocycles. The van der Waals surface area contributed by atoms with Crippen LogP contribution in [0.25, 0.3) is 0 Å². The number of nitrogens with zero attached hydrogens (tertiary/aromatic N) is 2. The first-order chi connectivity index (χ1) is 16.9. The highest BCUT2D eigenvalue weighted by Gasteiger charge is 2.62. The molecule has 2 aliphatic carbocycles. The molecule has 1 heterocycles. The fourth-order valence-corrected chi connectivity index (χ4v) is 8.22. The Bertz CT molecular complexity index is 723. The molecule has 2 heteroatoms. The first kappa shape index (κ1) is 30.0. The van der Waals surface area contributed by atoms with E-state index in [1.54, 1.807) is 5.70 Å². The number of allylic oxidation sites excluding steroid dienone is 1. The lowest BCUT2D eigenvalue weighted by Gasteiger charge is -2.59. The van der Waals surface area contributed by atoms with Gasteiger partial charge in [-0.15, -0.1) is 0 Å². The van der Waals surface area contributed by atoms with Gasteiger partial charge in [-0.1, -0.05) is 81.6 Å². The molecule has 2 nitrogen and oxygen atoms in total. The number of likely N-dealkylation sites (N-methyl/N-ethyl adjacent to an activating group) is 1. The van der Waals surface area contributed by atoms with Crippen LogP contribution in [0.1, 0.15) is 133 Å². The molecule has 0 amide bonds. The number of hydrogen-bond donors (Lipinski definition) is 0. The molecule has 0 aromatic rings. The topological polar surface area (TPSA) is 6.48 Å². The highest BCUT2D eigenvalue weighted by atomic mass is 15.4. The van der Waals surface area contributed by atoms with E-state index in [-0.39, 0.29) is 0 Å². The van der Waals surface area contributed by atoms with Crippen LogP contribution in [0.3, 0.4) is 0 Å². The molecule has 0 N–H and O–H groups in total. The molecule has 2 fully saturated rings. The molecule has 8 atom stereocenters. The molecular weight excluding hydrogens is 436 g/mol. The zero-order valence-electron chi connectivity index (χ0n) is 26.4. The molecule has 210 valence electrons. The average Bonchev–Trinajstić information content (AvgIpc) is 3.77. The van der Waals surface area contributed by atoms with Crippen molar-refractivity contribution in [1.29, 1.82) is 0 Å². The van der Waals surface area contributed by atoms with Gasteiger partial charge in [-0.05, 0) is 105 Å². The van der Waals surface area contributed by atoms with Gasteiger partial charge in [-0.3, -0.25) is 4.90 Å². The number of rotatable bonds is 15. The number of hydrogen-bond acceptors (Lipinski definition) is 2. The van der Waals surface area contributed by atoms with E-state index < -0.39 is 0 Å². The zero-order chi connectivity index (χ0) is 26.8. The molecule has 1 aliphatic heterocycles. The largest absolute Gasteiger partial charge is 0.362 e. The summed E-state index contributed by atoms with van der Waals surface area (Å²) in [6, 6.07) is 0.580. The van der Waals surface area contributed by atoms with Crippen LogP contribution in [0, 0.1) is 46.3 Å². The minimum Gasteiger partial charge on any atom is -0.362 e. The van der Waals surface area contributed by atoms with E-state index in [2.05, 4.69) is 92.3 Å². The second-order valence-corrected chi connectivity index (χ2v) is 14.6. The van der Waals surface area contributed by atoms with E-state index in [0.29, 0.717) is 23.0 Å². The minimum absolute atomic E-state index is 0.296. The van der Waals surface area contributed by atoms with Gasteiger partial charge >= 0.3 is 0 Å². The van der Waals surface area contributed by atoms with Gasteiger partial charge in [0.2, 0.25) is 0 Å². The van der Waals surface area contributed by atoms with Crippen LogP contribution in [0.5, 0.6) is 0 Å². The maximum Gasteiger partial charge on any atom is 0.0845 e. The van der Waals surface area contributed by atoms with E-state index in [1.165, 1.54) is 70.6 Å². The average molecular weight is 501 g/mol. The Balaban J connectivity index is 2.21. The van der Waals surface area contributed by atoms with Crippen LogP contribution in [0.2, 0.25) is 0 Å². The summed E-state index contributed by atoms with van der Waals surface area (Å²) in [5.74, 6) is 4.95. The Labute approximate surface area is 227 Å². The maximum atomic E-state index is 2.84. The van der Waals surface area contributed by atoms with Crippen LogP contribution in [0.4, 0.5) is 0 Å². The van der Waals surface area contributed by atoms with Gasteiger partial charge in [0.15, 0.2) is 0 Å². The van der Waals surface area contributed by atoms with Crippen molar-refractivity contribution in [2.24, 2.45) is 46.3 Å². The lowest BCUT2D eigenvalue weighted by molar-refractivity contribution is -0.0473. The van der Waals surface area contributed by atoms with E-state index >= 15 is 0 Å². The summed E-state index contributed by atoms with van der Waals surface area (Å²) < 4.78 is 0. The summed E-state index contributed by atoms with van der Waals surface area (Å²) >= 11 is 0. The highest BCUT2D eigenvalue weighted by molar-refractivity contribution is 5.29. The third-order valence-corrected chi connectivity index (χ3v) is 11.3. The fourth-order valence-electron chi connectivity index (χ4n) is 8.22. The quantitative estimate of drug-likeness (QED) is 0.221. The minimum atomic E-state index is 0.296. The summed E-state index contributed by atoms with van der Waals surface area (Å²) in [5, 5.41) is 0. The van der Waals surface area contributed by atoms with Gasteiger partial charge in [0, 0.05) is 24.2 Å². The monoisotopic (exact) mass is 501 g/mol. The molecule has 3 rings (SSSR count). The third-order valence-electron chi connectivity index (χ3n) is 11.3. The van der Waals surface area contributed by atoms with Crippen molar-refractivity contribution >= 4 is 0 Å². The van der Waals surface area contributed by atoms with E-state index in [4.69, 9.17) is 0 Å². The lowest BCUT2D eigenvalue weighted by Crippen LogP contribution is -2.59. The molecule has 8 unspecified atom stereocenters. The van der Waals surface area contributed by atoms with Gasteiger partial charge in [0.25, 0.3) is 0 Å². The predicted molar refractivity (Wildman–Crippen MR) is 159 cm³/mol. The molecule has 0 bridgehead atoms. The second kappa shape index (κ2) is 12.1. The summed E-state index contributed by atoms with van der Waals surface area (Å²) in [5.41, 5.74) is 2.42. The molecule has 0 radical (unpaired) electrons. The summed E-state index contributed by atoms with van der Waals surface area (Å²) in [6.45, 7) is 22.5. The smallest absolute Gasteiger partial charge is 0.0845 e. The molecule has 36 heavy (non-hydrogen) atoms. The predicted octanol–water partition coefficient (Wildman–Crippen LogP) is 9.61. The van der Waals surface area contributed by atoms with Gasteiger partial charge in [0.1, 0.15) is 0 Å². The Kier molecular flexibility index (Phi) is 10.1. The van der Waals surface area contributed by atoms with Crippen molar-refractivity contribution in [1.82, 2.24) is 9.80 Å². The van der Waals surface area contributed by atoms with Gasteiger partial charge in [0.05, 0.1) is 6.17 Å². The SMILES string of the molecule is CCC(C)CCC(C1=CC(CC)N(C)C(C2CC2)N1C)(C1CC1C)C(C)(CCC(C)C)CC(C)CC. The van der Waals surface area contributed by atoms with Crippen LogP contribution >= 0.6 is 0 Å². The van der Waals surface area contributed by atoms with Gasteiger partial charge < -0.3 is 4.90 Å². The Morgan fingerprint density at radius 3 is 2.03 bits per heavy atom. The molecule has 0 aromatic heterocycles. The Hall–Kier alpha value is -0.500. The standard InChI is InChI=1S/C34H64N2/c1-12-25(6)18-20-34(30-21-27(30)8,33(9,19-17-24(4)5)23-26(7)13-2)31-22-29(14-3)35(10)32(36(31)11)28-15-16-28/h22,24-30,32H,12-21,23H2,1-11H3. The molecule has 2 saturated carbocycles. The summed E-state index contributed by atoms with van der Waals surface area (Å²) in [4.78, 5) is 5.58. The van der Waals surface area contributed by atoms with Crippen molar-refractivity contribution in [3.05, 3.63) is 11.8 Å².